The lowest BCUT2D eigenvalue weighted by atomic mass is 9.99. The van der Waals surface area contributed by atoms with Crippen LogP contribution in [-0.2, 0) is 14.3 Å². The Morgan fingerprint density at radius 3 is 1.95 bits per heavy atom. The van der Waals surface area contributed by atoms with E-state index in [9.17, 15) is 30.3 Å². The summed E-state index contributed by atoms with van der Waals surface area (Å²) >= 11 is 0. The van der Waals surface area contributed by atoms with Crippen molar-refractivity contribution in [3.05, 3.63) is 12.2 Å². The van der Waals surface area contributed by atoms with Gasteiger partial charge < -0.3 is 40.3 Å². The van der Waals surface area contributed by atoms with Gasteiger partial charge in [0.2, 0.25) is 5.91 Å². The fraction of sp³-hybridized carbons (Fsp3) is 0.903. The highest BCUT2D eigenvalue weighted by Gasteiger charge is 2.44. The van der Waals surface area contributed by atoms with Crippen LogP contribution in [0.4, 0.5) is 0 Å². The van der Waals surface area contributed by atoms with E-state index in [1.54, 1.807) is 6.08 Å². The molecule has 1 aliphatic heterocycles. The van der Waals surface area contributed by atoms with Gasteiger partial charge in [0.1, 0.15) is 24.4 Å². The molecule has 1 heterocycles. The number of ether oxygens (including phenoxy) is 2. The molecule has 0 spiro atoms. The van der Waals surface area contributed by atoms with E-state index in [1.165, 1.54) is 57.8 Å². The van der Waals surface area contributed by atoms with E-state index < -0.39 is 49.5 Å². The van der Waals surface area contributed by atoms with E-state index in [2.05, 4.69) is 19.2 Å². The van der Waals surface area contributed by atoms with Gasteiger partial charge in [0.15, 0.2) is 6.29 Å². The van der Waals surface area contributed by atoms with Gasteiger partial charge in [-0.25, -0.2) is 0 Å². The number of hydrogen-bond donors (Lipinski definition) is 6. The monoisotopic (exact) mass is 573 g/mol. The van der Waals surface area contributed by atoms with Crippen LogP contribution in [0.2, 0.25) is 0 Å². The summed E-state index contributed by atoms with van der Waals surface area (Å²) in [5.41, 5.74) is 0. The van der Waals surface area contributed by atoms with Crippen molar-refractivity contribution >= 4 is 5.91 Å². The summed E-state index contributed by atoms with van der Waals surface area (Å²) in [4.78, 5) is 12.6. The second kappa shape index (κ2) is 23.5. The number of amides is 1. The summed E-state index contributed by atoms with van der Waals surface area (Å²) in [6.45, 7) is 3.64. The molecular weight excluding hydrogens is 514 g/mol. The summed E-state index contributed by atoms with van der Waals surface area (Å²) in [6, 6.07) is -0.792. The average Bonchev–Trinajstić information content (AvgIpc) is 2.95. The van der Waals surface area contributed by atoms with Crippen LogP contribution < -0.4 is 5.32 Å². The first-order valence-electron chi connectivity index (χ1n) is 15.9. The first-order valence-corrected chi connectivity index (χ1v) is 15.9. The molecule has 1 saturated heterocycles. The van der Waals surface area contributed by atoms with Crippen LogP contribution in [0.1, 0.15) is 123 Å². The zero-order chi connectivity index (χ0) is 29.6. The third-order valence-electron chi connectivity index (χ3n) is 7.61. The van der Waals surface area contributed by atoms with Crippen molar-refractivity contribution < 1.29 is 39.8 Å². The van der Waals surface area contributed by atoms with Crippen LogP contribution in [0.15, 0.2) is 12.2 Å². The number of rotatable bonds is 24. The summed E-state index contributed by atoms with van der Waals surface area (Å²) in [6.07, 6.45) is 14.3. The summed E-state index contributed by atoms with van der Waals surface area (Å²) in [5.74, 6) is -0.190. The first kappa shape index (κ1) is 37.0. The van der Waals surface area contributed by atoms with E-state index in [0.717, 1.165) is 44.9 Å². The van der Waals surface area contributed by atoms with E-state index in [4.69, 9.17) is 9.47 Å². The maximum absolute atomic E-state index is 12.6. The van der Waals surface area contributed by atoms with E-state index in [1.807, 2.05) is 6.08 Å². The number of carbonyl (C=O) groups excluding carboxylic acids is 1. The first-order chi connectivity index (χ1) is 19.3. The topological polar surface area (TPSA) is 149 Å². The number of carbonyl (C=O) groups is 1. The Balaban J connectivity index is 2.56. The molecule has 0 bridgehead atoms. The minimum absolute atomic E-state index is 0.186. The summed E-state index contributed by atoms with van der Waals surface area (Å²) < 4.78 is 11.0. The molecule has 0 aromatic rings. The largest absolute Gasteiger partial charge is 0.394 e. The minimum Gasteiger partial charge on any atom is -0.394 e. The van der Waals surface area contributed by atoms with Gasteiger partial charge >= 0.3 is 0 Å². The van der Waals surface area contributed by atoms with Crippen LogP contribution in [-0.4, -0.2) is 87.5 Å². The molecule has 1 fully saturated rings. The van der Waals surface area contributed by atoms with Gasteiger partial charge in [-0.1, -0.05) is 109 Å². The Kier molecular flexibility index (Phi) is 21.7. The number of nitrogens with one attached hydrogen (secondary N) is 1. The minimum atomic E-state index is -1.56. The Hall–Kier alpha value is -1.07. The van der Waals surface area contributed by atoms with Crippen molar-refractivity contribution in [2.45, 2.75) is 166 Å². The molecule has 1 amide bonds. The number of aliphatic hydroxyl groups is 5. The van der Waals surface area contributed by atoms with Gasteiger partial charge in [0.25, 0.3) is 0 Å². The molecule has 1 aliphatic rings. The predicted octanol–water partition coefficient (Wildman–Crippen LogP) is 3.88. The predicted molar refractivity (Wildman–Crippen MR) is 157 cm³/mol. The van der Waals surface area contributed by atoms with Gasteiger partial charge in [-0.3, -0.25) is 4.79 Å². The molecule has 9 nitrogen and oxygen atoms in total. The van der Waals surface area contributed by atoms with Crippen LogP contribution in [0.5, 0.6) is 0 Å². The molecule has 0 aliphatic carbocycles. The molecule has 0 aromatic carbocycles. The third kappa shape index (κ3) is 15.8. The van der Waals surface area contributed by atoms with Crippen molar-refractivity contribution in [1.82, 2.24) is 5.32 Å². The van der Waals surface area contributed by atoms with Crippen molar-refractivity contribution in [2.24, 2.45) is 0 Å². The molecule has 0 radical (unpaired) electrons. The van der Waals surface area contributed by atoms with Gasteiger partial charge in [0, 0.05) is 6.42 Å². The molecule has 40 heavy (non-hydrogen) atoms. The van der Waals surface area contributed by atoms with Crippen molar-refractivity contribution in [2.75, 3.05) is 13.2 Å². The second-order valence-electron chi connectivity index (χ2n) is 11.3. The quantitative estimate of drug-likeness (QED) is 0.0753. The van der Waals surface area contributed by atoms with Crippen molar-refractivity contribution in [1.29, 1.82) is 0 Å². The lowest BCUT2D eigenvalue weighted by Gasteiger charge is -2.40. The van der Waals surface area contributed by atoms with Gasteiger partial charge in [-0.05, 0) is 19.3 Å². The van der Waals surface area contributed by atoms with Crippen LogP contribution in [0.25, 0.3) is 0 Å². The van der Waals surface area contributed by atoms with Crippen LogP contribution >= 0.6 is 0 Å². The number of allylic oxidation sites excluding steroid dienone is 1. The summed E-state index contributed by atoms with van der Waals surface area (Å²) in [7, 11) is 0. The van der Waals surface area contributed by atoms with Crippen molar-refractivity contribution in [3.8, 4) is 0 Å². The smallest absolute Gasteiger partial charge is 0.220 e. The number of aliphatic hydroxyl groups excluding tert-OH is 5. The number of unbranched alkanes of at least 4 members (excludes halogenated alkanes) is 14. The molecule has 0 aromatic heterocycles. The Bertz CT molecular complexity index is 647. The van der Waals surface area contributed by atoms with E-state index in [-0.39, 0.29) is 12.5 Å². The van der Waals surface area contributed by atoms with Gasteiger partial charge in [-0.2, -0.15) is 0 Å². The Labute approximate surface area is 242 Å². The van der Waals surface area contributed by atoms with Crippen molar-refractivity contribution in [3.63, 3.8) is 0 Å². The van der Waals surface area contributed by atoms with Crippen LogP contribution in [0.3, 0.4) is 0 Å². The molecular formula is C31H59NO8. The van der Waals surface area contributed by atoms with Gasteiger partial charge in [-0.15, -0.1) is 0 Å². The maximum Gasteiger partial charge on any atom is 0.220 e. The molecule has 236 valence electrons. The fourth-order valence-corrected chi connectivity index (χ4v) is 4.92. The standard InChI is InChI=1S/C31H59NO8/c1-3-5-7-9-11-12-13-14-15-16-18-20-25(34)24(32-27(35)21-19-17-10-8-6-4-2)23-39-31-30(38)29(37)28(36)26(22-33)40-31/h18,20,24-26,28-31,33-34,36-38H,3-17,19,21-23H2,1-2H3,(H,32,35)/b20-18+. The zero-order valence-corrected chi connectivity index (χ0v) is 25.1. The highest BCUT2D eigenvalue weighted by Crippen LogP contribution is 2.22. The molecule has 7 atom stereocenters. The van der Waals surface area contributed by atoms with E-state index >= 15 is 0 Å². The maximum atomic E-state index is 12.6. The van der Waals surface area contributed by atoms with Crippen LogP contribution in [0, 0.1) is 0 Å². The normalized spacial score (nSPS) is 24.8. The lowest BCUT2D eigenvalue weighted by Crippen LogP contribution is -2.60. The zero-order valence-electron chi connectivity index (χ0n) is 25.1. The highest BCUT2D eigenvalue weighted by molar-refractivity contribution is 5.76. The third-order valence-corrected chi connectivity index (χ3v) is 7.61. The molecule has 6 N–H and O–H groups in total. The highest BCUT2D eigenvalue weighted by atomic mass is 16.7. The van der Waals surface area contributed by atoms with E-state index in [0.29, 0.717) is 6.42 Å². The molecule has 7 unspecified atom stereocenters. The molecule has 1 rings (SSSR count). The Morgan fingerprint density at radius 1 is 0.825 bits per heavy atom. The molecule has 0 saturated carbocycles. The number of hydrogen-bond acceptors (Lipinski definition) is 8. The average molecular weight is 574 g/mol. The Morgan fingerprint density at radius 2 is 1.38 bits per heavy atom. The molecule has 9 heteroatoms. The fourth-order valence-electron chi connectivity index (χ4n) is 4.92. The summed E-state index contributed by atoms with van der Waals surface area (Å²) in [5, 5.41) is 53.4. The van der Waals surface area contributed by atoms with Gasteiger partial charge in [0.05, 0.1) is 25.4 Å². The SMILES string of the molecule is CCCCCCCCCCC/C=C/C(O)C(COC1OC(CO)C(O)C(O)C1O)NC(=O)CCCCCCCC. The lowest BCUT2D eigenvalue weighted by molar-refractivity contribution is -0.302. The second-order valence-corrected chi connectivity index (χ2v) is 11.3.